The Bertz CT molecular complexity index is 854. The average Bonchev–Trinajstić information content (AvgIpc) is 3.20. The topological polar surface area (TPSA) is 137 Å². The number of nitrogens with one attached hydrogen (secondary N) is 2. The Morgan fingerprint density at radius 3 is 2.90 bits per heavy atom. The number of hydroxylamine groups is 2. The van der Waals surface area contributed by atoms with Crippen LogP contribution in [0.2, 0.25) is 0 Å². The van der Waals surface area contributed by atoms with Gasteiger partial charge in [-0.05, 0) is 45.7 Å². The SMILES string of the molecule is C[C@@]12CC[C@@H](c3cc(CCNC4CCNCC4)on3)N(C1)C(=O)N2OS(=O)(=O)O. The normalized spacial score (nSPS) is 28.3. The summed E-state index contributed by atoms with van der Waals surface area (Å²) in [5.41, 5.74) is -0.180. The molecule has 2 amide bonds. The zero-order valence-electron chi connectivity index (χ0n) is 16.3. The first-order chi connectivity index (χ1) is 13.8. The molecule has 0 radical (unpaired) electrons. The average molecular weight is 429 g/mol. The van der Waals surface area contributed by atoms with Crippen molar-refractivity contribution in [2.75, 3.05) is 26.2 Å². The van der Waals surface area contributed by atoms with Crippen LogP contribution in [0.5, 0.6) is 0 Å². The molecule has 2 bridgehead atoms. The number of nitrogens with zero attached hydrogens (tertiary/aromatic N) is 3. The van der Waals surface area contributed by atoms with Gasteiger partial charge in [0, 0.05) is 31.6 Å². The molecular weight excluding hydrogens is 402 g/mol. The largest absolute Gasteiger partial charge is 0.418 e. The molecule has 4 rings (SSSR count). The van der Waals surface area contributed by atoms with Crippen LogP contribution in [-0.2, 0) is 21.1 Å². The summed E-state index contributed by atoms with van der Waals surface area (Å²) >= 11 is 0. The van der Waals surface area contributed by atoms with Gasteiger partial charge in [-0.25, -0.2) is 4.79 Å². The first-order valence-corrected chi connectivity index (χ1v) is 11.3. The molecule has 3 aliphatic heterocycles. The van der Waals surface area contributed by atoms with Crippen molar-refractivity contribution in [2.45, 2.75) is 56.7 Å². The molecule has 1 aromatic heterocycles. The molecule has 4 heterocycles. The minimum Gasteiger partial charge on any atom is -0.361 e. The maximum atomic E-state index is 12.7. The summed E-state index contributed by atoms with van der Waals surface area (Å²) in [6.45, 7) is 4.87. The lowest BCUT2D eigenvalue weighted by atomic mass is 9.88. The van der Waals surface area contributed by atoms with Crippen molar-refractivity contribution in [3.63, 3.8) is 0 Å². The third-order valence-electron chi connectivity index (χ3n) is 5.98. The van der Waals surface area contributed by atoms with Gasteiger partial charge in [0.1, 0.15) is 11.5 Å². The minimum absolute atomic E-state index is 0.283. The standard InChI is InChI=1S/C17H27N5O6S/c1-17-6-2-15(21(11-17)16(23)22(17)28-29(24,25)26)14-10-13(27-20-14)5-9-19-12-3-7-18-8-4-12/h10,12,15,18-19H,2-9,11H2,1H3,(H,24,25,26)/t15-,17+/m0/s1. The van der Waals surface area contributed by atoms with Crippen LogP contribution in [0.1, 0.15) is 50.1 Å². The van der Waals surface area contributed by atoms with Gasteiger partial charge in [0.25, 0.3) is 0 Å². The summed E-state index contributed by atoms with van der Waals surface area (Å²) in [6.07, 6.45) is 4.03. The molecule has 2 atom stereocenters. The molecular formula is C17H27N5O6S. The molecule has 11 nitrogen and oxygen atoms in total. The predicted octanol–water partition coefficient (Wildman–Crippen LogP) is 0.624. The fourth-order valence-electron chi connectivity index (χ4n) is 4.43. The minimum atomic E-state index is -4.78. The fourth-order valence-corrected chi connectivity index (χ4v) is 4.86. The lowest BCUT2D eigenvalue weighted by Gasteiger charge is -2.35. The Labute approximate surface area is 169 Å². The predicted molar refractivity (Wildman–Crippen MR) is 101 cm³/mol. The molecule has 0 unspecified atom stereocenters. The van der Waals surface area contributed by atoms with Crippen molar-refractivity contribution in [1.82, 2.24) is 25.8 Å². The highest BCUT2D eigenvalue weighted by Crippen LogP contribution is 2.44. The van der Waals surface area contributed by atoms with E-state index in [4.69, 9.17) is 9.08 Å². The highest BCUT2D eigenvalue weighted by Gasteiger charge is 2.55. The molecule has 3 saturated heterocycles. The van der Waals surface area contributed by atoms with Gasteiger partial charge >= 0.3 is 16.4 Å². The second-order valence-electron chi connectivity index (χ2n) is 8.21. The lowest BCUT2D eigenvalue weighted by Crippen LogP contribution is -2.46. The number of urea groups is 1. The number of hydrogen-bond donors (Lipinski definition) is 3. The van der Waals surface area contributed by atoms with Gasteiger partial charge in [0.15, 0.2) is 0 Å². The smallest absolute Gasteiger partial charge is 0.361 e. The van der Waals surface area contributed by atoms with Gasteiger partial charge in [-0.2, -0.15) is 13.5 Å². The quantitative estimate of drug-likeness (QED) is 0.533. The Morgan fingerprint density at radius 2 is 2.17 bits per heavy atom. The van der Waals surface area contributed by atoms with Gasteiger partial charge in [-0.15, -0.1) is 4.28 Å². The van der Waals surface area contributed by atoms with E-state index in [1.807, 2.05) is 6.07 Å². The maximum absolute atomic E-state index is 12.7. The molecule has 162 valence electrons. The van der Waals surface area contributed by atoms with E-state index in [9.17, 15) is 13.2 Å². The van der Waals surface area contributed by atoms with E-state index in [-0.39, 0.29) is 12.6 Å². The summed E-state index contributed by atoms with van der Waals surface area (Å²) in [6, 6.07) is 1.45. The molecule has 0 aliphatic carbocycles. The van der Waals surface area contributed by atoms with Gasteiger partial charge < -0.3 is 20.1 Å². The number of amides is 2. The van der Waals surface area contributed by atoms with E-state index in [0.717, 1.165) is 43.3 Å². The molecule has 3 N–H and O–H groups in total. The summed E-state index contributed by atoms with van der Waals surface area (Å²) in [4.78, 5) is 14.2. The van der Waals surface area contributed by atoms with Crippen molar-refractivity contribution < 1.29 is 26.6 Å². The molecule has 3 aliphatic rings. The van der Waals surface area contributed by atoms with Crippen LogP contribution in [0, 0.1) is 0 Å². The Balaban J connectivity index is 1.38. The number of carbonyl (C=O) groups excluding carboxylic acids is 1. The summed E-state index contributed by atoms with van der Waals surface area (Å²) in [5, 5.41) is 11.8. The molecule has 3 fully saturated rings. The van der Waals surface area contributed by atoms with Crippen molar-refractivity contribution in [2.24, 2.45) is 0 Å². The molecule has 12 heteroatoms. The summed E-state index contributed by atoms with van der Waals surface area (Å²) < 4.78 is 41.2. The zero-order chi connectivity index (χ0) is 20.6. The number of carbonyl (C=O) groups is 1. The van der Waals surface area contributed by atoms with Crippen LogP contribution >= 0.6 is 0 Å². The van der Waals surface area contributed by atoms with Crippen molar-refractivity contribution in [1.29, 1.82) is 0 Å². The van der Waals surface area contributed by atoms with Crippen LogP contribution in [0.3, 0.4) is 0 Å². The summed E-state index contributed by atoms with van der Waals surface area (Å²) in [5.74, 6) is 0.743. The molecule has 1 aromatic rings. The van der Waals surface area contributed by atoms with Crippen LogP contribution in [0.15, 0.2) is 10.6 Å². The van der Waals surface area contributed by atoms with Gasteiger partial charge in [-0.1, -0.05) is 5.16 Å². The lowest BCUT2D eigenvalue weighted by molar-refractivity contribution is -0.0744. The van der Waals surface area contributed by atoms with E-state index in [0.29, 0.717) is 31.0 Å². The molecule has 29 heavy (non-hydrogen) atoms. The Hall–Kier alpha value is -1.73. The summed E-state index contributed by atoms with van der Waals surface area (Å²) in [7, 11) is -4.78. The maximum Gasteiger partial charge on any atom is 0.418 e. The first-order valence-electron chi connectivity index (χ1n) is 9.93. The van der Waals surface area contributed by atoms with E-state index in [1.54, 1.807) is 6.92 Å². The number of fused-ring (bicyclic) bond motifs is 2. The van der Waals surface area contributed by atoms with Gasteiger partial charge in [0.2, 0.25) is 0 Å². The van der Waals surface area contributed by atoms with Crippen LogP contribution in [0.25, 0.3) is 0 Å². The fraction of sp³-hybridized carbons (Fsp3) is 0.765. The van der Waals surface area contributed by atoms with Crippen molar-refractivity contribution >= 4 is 16.4 Å². The number of rotatable bonds is 7. The highest BCUT2D eigenvalue weighted by molar-refractivity contribution is 7.80. The van der Waals surface area contributed by atoms with Crippen LogP contribution in [-0.4, -0.2) is 71.9 Å². The van der Waals surface area contributed by atoms with E-state index in [2.05, 4.69) is 20.1 Å². The second-order valence-corrected chi connectivity index (χ2v) is 9.21. The third-order valence-corrected chi connectivity index (χ3v) is 6.32. The third kappa shape index (κ3) is 4.40. The molecule has 0 aromatic carbocycles. The van der Waals surface area contributed by atoms with E-state index >= 15 is 0 Å². The monoisotopic (exact) mass is 429 g/mol. The first kappa shape index (κ1) is 20.5. The van der Waals surface area contributed by atoms with Crippen LogP contribution in [0.4, 0.5) is 4.79 Å². The number of hydrogen-bond acceptors (Lipinski definition) is 8. The van der Waals surface area contributed by atoms with Crippen molar-refractivity contribution in [3.8, 4) is 0 Å². The van der Waals surface area contributed by atoms with Crippen molar-refractivity contribution in [3.05, 3.63) is 17.5 Å². The number of aromatic nitrogens is 1. The Morgan fingerprint density at radius 1 is 1.41 bits per heavy atom. The molecule has 0 spiro atoms. The van der Waals surface area contributed by atoms with Gasteiger partial charge in [0.05, 0.1) is 11.6 Å². The zero-order valence-corrected chi connectivity index (χ0v) is 17.2. The van der Waals surface area contributed by atoms with E-state index in [1.165, 1.54) is 4.90 Å². The number of piperidine rings is 2. The molecule has 0 saturated carbocycles. The second kappa shape index (κ2) is 7.84. The Kier molecular flexibility index (Phi) is 5.55. The van der Waals surface area contributed by atoms with Gasteiger partial charge in [-0.3, -0.25) is 4.55 Å². The van der Waals surface area contributed by atoms with E-state index < -0.39 is 22.0 Å². The van der Waals surface area contributed by atoms with Crippen LogP contribution < -0.4 is 10.6 Å². The highest BCUT2D eigenvalue weighted by atomic mass is 32.3.